The van der Waals surface area contributed by atoms with E-state index >= 15 is 0 Å². The highest BCUT2D eigenvalue weighted by Gasteiger charge is 2.30. The number of benzene rings is 3. The third kappa shape index (κ3) is 8.31. The van der Waals surface area contributed by atoms with Crippen LogP contribution >= 0.6 is 0 Å². The Hall–Kier alpha value is -2.94. The Bertz CT molecular complexity index is 1250. The number of hydrogen-bond donors (Lipinski definition) is 3. The molecule has 0 saturated carbocycles. The number of anilines is 3. The van der Waals surface area contributed by atoms with Gasteiger partial charge in [-0.15, -0.1) is 0 Å². The molecule has 3 aromatic carbocycles. The van der Waals surface area contributed by atoms with Crippen molar-refractivity contribution < 1.29 is 0 Å². The Morgan fingerprint density at radius 1 is 0.659 bits per heavy atom. The highest BCUT2D eigenvalue weighted by molar-refractivity contribution is 5.56. The van der Waals surface area contributed by atoms with Gasteiger partial charge in [0.2, 0.25) is 0 Å². The maximum Gasteiger partial charge on any atom is 0.0375 e. The van der Waals surface area contributed by atoms with Gasteiger partial charge < -0.3 is 16.0 Å². The fourth-order valence-electron chi connectivity index (χ4n) is 6.39. The van der Waals surface area contributed by atoms with Crippen LogP contribution in [0.3, 0.4) is 0 Å². The summed E-state index contributed by atoms with van der Waals surface area (Å²) in [5.41, 5.74) is 9.16. The van der Waals surface area contributed by atoms with Gasteiger partial charge >= 0.3 is 0 Å². The topological polar surface area (TPSA) is 36.1 Å². The first-order valence-electron chi connectivity index (χ1n) is 15.9. The smallest absolute Gasteiger partial charge is 0.0375 e. The molecule has 3 heterocycles. The summed E-state index contributed by atoms with van der Waals surface area (Å²) in [6, 6.07) is 26.6. The summed E-state index contributed by atoms with van der Waals surface area (Å²) >= 11 is 0. The van der Waals surface area contributed by atoms with Crippen molar-refractivity contribution in [3.05, 3.63) is 89.5 Å². The molecule has 3 aromatic rings. The van der Waals surface area contributed by atoms with Crippen molar-refractivity contribution >= 4 is 17.1 Å². The van der Waals surface area contributed by atoms with Gasteiger partial charge in [-0.3, -0.25) is 0 Å². The average Bonchev–Trinajstić information content (AvgIpc) is 2.96. The van der Waals surface area contributed by atoms with Gasteiger partial charge in [-0.1, -0.05) is 110 Å². The van der Waals surface area contributed by atoms with Crippen molar-refractivity contribution in [3.63, 3.8) is 0 Å². The van der Waals surface area contributed by atoms with Crippen molar-refractivity contribution in [2.24, 2.45) is 22.7 Å². The molecule has 3 unspecified atom stereocenters. The molecule has 0 spiro atoms. The number of para-hydroxylation sites is 3. The molecule has 0 fully saturated rings. The SMILES string of the molecule is CC(C)(C)C1CCNc2ccccc21.CC(C)(C)C1CCc2ccccc2N1.CC(C)C1CNc2ccccc2C1. The molecule has 222 valence electrons. The summed E-state index contributed by atoms with van der Waals surface area (Å²) in [6.07, 6.45) is 4.95. The summed E-state index contributed by atoms with van der Waals surface area (Å²) in [6.45, 7) is 20.8. The molecule has 3 heteroatoms. The Balaban J connectivity index is 0.000000142. The van der Waals surface area contributed by atoms with E-state index in [9.17, 15) is 0 Å². The van der Waals surface area contributed by atoms with Crippen LogP contribution in [0.1, 0.15) is 90.8 Å². The molecule has 3 aliphatic heterocycles. The quantitative estimate of drug-likeness (QED) is 0.281. The van der Waals surface area contributed by atoms with Crippen molar-refractivity contribution in [2.75, 3.05) is 29.0 Å². The monoisotopic (exact) mass is 553 g/mol. The van der Waals surface area contributed by atoms with Gasteiger partial charge in [0, 0.05) is 36.2 Å². The second-order valence-corrected chi connectivity index (χ2v) is 14.7. The Kier molecular flexibility index (Phi) is 10.1. The predicted molar refractivity (Wildman–Crippen MR) is 180 cm³/mol. The van der Waals surface area contributed by atoms with E-state index in [4.69, 9.17) is 0 Å². The van der Waals surface area contributed by atoms with E-state index in [-0.39, 0.29) is 0 Å². The normalized spacial score (nSPS) is 21.1. The van der Waals surface area contributed by atoms with E-state index in [1.807, 2.05) is 0 Å². The van der Waals surface area contributed by atoms with E-state index in [2.05, 4.69) is 144 Å². The van der Waals surface area contributed by atoms with Crippen LogP contribution in [0.4, 0.5) is 17.1 Å². The van der Waals surface area contributed by atoms with Crippen molar-refractivity contribution in [3.8, 4) is 0 Å². The van der Waals surface area contributed by atoms with E-state index in [1.54, 1.807) is 0 Å². The lowest BCUT2D eigenvalue weighted by Gasteiger charge is -2.36. The van der Waals surface area contributed by atoms with Gasteiger partial charge in [-0.2, -0.15) is 0 Å². The van der Waals surface area contributed by atoms with Crippen LogP contribution in [0, 0.1) is 22.7 Å². The first-order valence-corrected chi connectivity index (χ1v) is 15.9. The van der Waals surface area contributed by atoms with Crippen molar-refractivity contribution in [1.82, 2.24) is 0 Å². The summed E-state index contributed by atoms with van der Waals surface area (Å²) in [4.78, 5) is 0. The number of nitrogens with one attached hydrogen (secondary N) is 3. The average molecular weight is 554 g/mol. The molecule has 0 bridgehead atoms. The fourth-order valence-corrected chi connectivity index (χ4v) is 6.39. The van der Waals surface area contributed by atoms with Crippen LogP contribution in [0.25, 0.3) is 0 Å². The molecule has 41 heavy (non-hydrogen) atoms. The lowest BCUT2D eigenvalue weighted by Crippen LogP contribution is -2.37. The number of fused-ring (bicyclic) bond motifs is 3. The Morgan fingerprint density at radius 2 is 1.27 bits per heavy atom. The van der Waals surface area contributed by atoms with Crippen LogP contribution in [0.5, 0.6) is 0 Å². The molecule has 3 N–H and O–H groups in total. The predicted octanol–water partition coefficient (Wildman–Crippen LogP) is 10.0. The summed E-state index contributed by atoms with van der Waals surface area (Å²) in [7, 11) is 0. The minimum absolute atomic E-state index is 0.355. The maximum atomic E-state index is 3.64. The number of aryl methyl sites for hydroxylation is 1. The zero-order valence-corrected chi connectivity index (χ0v) is 27.0. The summed E-state index contributed by atoms with van der Waals surface area (Å²) in [5.74, 6) is 2.27. The second kappa shape index (κ2) is 13.4. The van der Waals surface area contributed by atoms with E-state index in [0.29, 0.717) is 22.8 Å². The van der Waals surface area contributed by atoms with E-state index in [1.165, 1.54) is 59.4 Å². The standard InChI is InChI=1S/2C13H19N.C12H17N/c1-13(2,3)11-8-9-14-12-7-5-4-6-10(11)12;1-13(2,3)12-9-8-10-6-4-5-7-11(10)14-12;1-9(2)11-7-10-5-3-4-6-12(10)13-8-11/h4-7,11,14H,8-9H2,1-3H3;4-7,12,14H,8-9H2,1-3H3;3-6,9,11,13H,7-8H2,1-2H3. The first-order chi connectivity index (χ1) is 19.4. The van der Waals surface area contributed by atoms with Crippen molar-refractivity contribution in [1.29, 1.82) is 0 Å². The van der Waals surface area contributed by atoms with Gasteiger partial charge in [-0.05, 0) is 89.2 Å². The molecule has 6 rings (SSSR count). The molecule has 3 aliphatic rings. The van der Waals surface area contributed by atoms with E-state index in [0.717, 1.165) is 24.9 Å². The third-order valence-electron chi connectivity index (χ3n) is 9.22. The van der Waals surface area contributed by atoms with Gasteiger partial charge in [0.15, 0.2) is 0 Å². The van der Waals surface area contributed by atoms with Crippen LogP contribution < -0.4 is 16.0 Å². The van der Waals surface area contributed by atoms with Gasteiger partial charge in [0.05, 0.1) is 0 Å². The maximum absolute atomic E-state index is 3.64. The molecule has 0 radical (unpaired) electrons. The molecule has 0 saturated heterocycles. The highest BCUT2D eigenvalue weighted by Crippen LogP contribution is 2.43. The minimum Gasteiger partial charge on any atom is -0.385 e. The summed E-state index contributed by atoms with van der Waals surface area (Å²) in [5, 5.41) is 10.6. The molecule has 0 aliphatic carbocycles. The summed E-state index contributed by atoms with van der Waals surface area (Å²) < 4.78 is 0. The van der Waals surface area contributed by atoms with Crippen LogP contribution in [-0.2, 0) is 12.8 Å². The number of rotatable bonds is 1. The molecule has 3 atom stereocenters. The Morgan fingerprint density at radius 3 is 1.93 bits per heavy atom. The third-order valence-corrected chi connectivity index (χ3v) is 9.22. The molecule has 0 aromatic heterocycles. The second-order valence-electron chi connectivity index (χ2n) is 14.7. The molecular weight excluding hydrogens is 498 g/mol. The zero-order valence-electron chi connectivity index (χ0n) is 27.0. The lowest BCUT2D eigenvalue weighted by atomic mass is 9.73. The Labute approximate surface area is 250 Å². The lowest BCUT2D eigenvalue weighted by molar-refractivity contribution is 0.305. The first kappa shape index (κ1) is 31.0. The van der Waals surface area contributed by atoms with E-state index < -0.39 is 0 Å². The molecule has 3 nitrogen and oxygen atoms in total. The minimum atomic E-state index is 0.355. The van der Waals surface area contributed by atoms with Crippen LogP contribution in [-0.4, -0.2) is 19.1 Å². The van der Waals surface area contributed by atoms with Gasteiger partial charge in [0.1, 0.15) is 0 Å². The largest absolute Gasteiger partial charge is 0.385 e. The van der Waals surface area contributed by atoms with Crippen LogP contribution in [0.2, 0.25) is 0 Å². The molecule has 0 amide bonds. The van der Waals surface area contributed by atoms with Crippen LogP contribution in [0.15, 0.2) is 72.8 Å². The number of hydrogen-bond acceptors (Lipinski definition) is 3. The zero-order chi connectivity index (χ0) is 29.6. The van der Waals surface area contributed by atoms with Crippen molar-refractivity contribution in [2.45, 2.75) is 93.0 Å². The molecular formula is C38H55N3. The van der Waals surface area contributed by atoms with Gasteiger partial charge in [-0.25, -0.2) is 0 Å². The van der Waals surface area contributed by atoms with Gasteiger partial charge in [0.25, 0.3) is 0 Å². The highest BCUT2D eigenvalue weighted by atomic mass is 14.9. The fraction of sp³-hybridized carbons (Fsp3) is 0.526.